The number of ether oxygens (including phenoxy) is 1. The van der Waals surface area contributed by atoms with Crippen LogP contribution in [-0.2, 0) is 13.2 Å². The summed E-state index contributed by atoms with van der Waals surface area (Å²) in [5.41, 5.74) is 2.41. The van der Waals surface area contributed by atoms with Gasteiger partial charge in [-0.25, -0.2) is 0 Å². The SMILES string of the molecule is CC(C)CNCc1ccc(Br)c(OCc2ccccc2)c1. The molecule has 0 aromatic heterocycles. The van der Waals surface area contributed by atoms with Crippen LogP contribution in [0.4, 0.5) is 0 Å². The molecule has 0 radical (unpaired) electrons. The summed E-state index contributed by atoms with van der Waals surface area (Å²) >= 11 is 3.55. The smallest absolute Gasteiger partial charge is 0.134 e. The van der Waals surface area contributed by atoms with Crippen LogP contribution in [-0.4, -0.2) is 6.54 Å². The van der Waals surface area contributed by atoms with E-state index < -0.39 is 0 Å². The Kier molecular flexibility index (Phi) is 6.27. The minimum atomic E-state index is 0.586. The number of hydrogen-bond donors (Lipinski definition) is 1. The molecule has 0 saturated heterocycles. The molecule has 0 unspecified atom stereocenters. The summed E-state index contributed by atoms with van der Waals surface area (Å²) in [6.07, 6.45) is 0. The predicted molar refractivity (Wildman–Crippen MR) is 91.5 cm³/mol. The molecule has 3 heteroatoms. The number of halogens is 1. The minimum Gasteiger partial charge on any atom is -0.488 e. The molecule has 1 N–H and O–H groups in total. The minimum absolute atomic E-state index is 0.586. The Labute approximate surface area is 135 Å². The summed E-state index contributed by atoms with van der Waals surface area (Å²) in [6, 6.07) is 16.5. The number of nitrogens with one attached hydrogen (secondary N) is 1. The first kappa shape index (κ1) is 16.1. The van der Waals surface area contributed by atoms with Crippen LogP contribution in [0.1, 0.15) is 25.0 Å². The monoisotopic (exact) mass is 347 g/mol. The van der Waals surface area contributed by atoms with Crippen LogP contribution < -0.4 is 10.1 Å². The Hall–Kier alpha value is -1.32. The highest BCUT2D eigenvalue weighted by Crippen LogP contribution is 2.27. The lowest BCUT2D eigenvalue weighted by molar-refractivity contribution is 0.304. The zero-order valence-corrected chi connectivity index (χ0v) is 14.2. The fourth-order valence-electron chi connectivity index (χ4n) is 2.01. The lowest BCUT2D eigenvalue weighted by Crippen LogP contribution is -2.18. The van der Waals surface area contributed by atoms with Gasteiger partial charge in [-0.05, 0) is 51.7 Å². The van der Waals surface area contributed by atoms with Crippen LogP contribution in [0.2, 0.25) is 0 Å². The van der Waals surface area contributed by atoms with Gasteiger partial charge < -0.3 is 10.1 Å². The zero-order chi connectivity index (χ0) is 15.1. The van der Waals surface area contributed by atoms with E-state index >= 15 is 0 Å². The molecular weight excluding hydrogens is 326 g/mol. The molecule has 0 saturated carbocycles. The summed E-state index contributed by atoms with van der Waals surface area (Å²) in [5.74, 6) is 1.55. The second kappa shape index (κ2) is 8.20. The van der Waals surface area contributed by atoms with Crippen molar-refractivity contribution in [2.75, 3.05) is 6.54 Å². The van der Waals surface area contributed by atoms with E-state index in [-0.39, 0.29) is 0 Å². The van der Waals surface area contributed by atoms with E-state index in [9.17, 15) is 0 Å². The molecule has 0 atom stereocenters. The first-order chi connectivity index (χ1) is 10.1. The van der Waals surface area contributed by atoms with E-state index in [1.54, 1.807) is 0 Å². The molecule has 2 aromatic rings. The number of rotatable bonds is 7. The van der Waals surface area contributed by atoms with Gasteiger partial charge in [0.1, 0.15) is 12.4 Å². The third-order valence-electron chi connectivity index (χ3n) is 3.11. The molecule has 21 heavy (non-hydrogen) atoms. The first-order valence-electron chi connectivity index (χ1n) is 7.31. The summed E-state index contributed by atoms with van der Waals surface area (Å²) in [6.45, 7) is 6.90. The van der Waals surface area contributed by atoms with Crippen LogP contribution in [0, 0.1) is 5.92 Å². The average Bonchev–Trinajstić information content (AvgIpc) is 2.48. The Morgan fingerprint density at radius 3 is 2.52 bits per heavy atom. The van der Waals surface area contributed by atoms with E-state index in [0.29, 0.717) is 12.5 Å². The van der Waals surface area contributed by atoms with Crippen molar-refractivity contribution >= 4 is 15.9 Å². The predicted octanol–water partition coefficient (Wildman–Crippen LogP) is 4.77. The summed E-state index contributed by atoms with van der Waals surface area (Å²) in [5, 5.41) is 3.45. The molecule has 2 nitrogen and oxygen atoms in total. The third kappa shape index (κ3) is 5.52. The van der Waals surface area contributed by atoms with Crippen molar-refractivity contribution in [3.63, 3.8) is 0 Å². The molecule has 0 amide bonds. The van der Waals surface area contributed by atoms with Crippen LogP contribution in [0.3, 0.4) is 0 Å². The fourth-order valence-corrected chi connectivity index (χ4v) is 2.37. The molecule has 2 rings (SSSR count). The summed E-state index contributed by atoms with van der Waals surface area (Å²) in [4.78, 5) is 0. The second-order valence-corrected chi connectivity index (χ2v) is 6.42. The Balaban J connectivity index is 1.95. The van der Waals surface area contributed by atoms with E-state index in [2.05, 4.69) is 59.4 Å². The highest BCUT2D eigenvalue weighted by atomic mass is 79.9. The molecule has 0 aliphatic rings. The van der Waals surface area contributed by atoms with Crippen molar-refractivity contribution in [1.29, 1.82) is 0 Å². The van der Waals surface area contributed by atoms with Crippen molar-refractivity contribution in [3.05, 3.63) is 64.1 Å². The van der Waals surface area contributed by atoms with E-state index in [1.165, 1.54) is 11.1 Å². The quantitative estimate of drug-likeness (QED) is 0.778. The number of benzene rings is 2. The van der Waals surface area contributed by atoms with Crippen LogP contribution >= 0.6 is 15.9 Å². The standard InChI is InChI=1S/C18H22BrNO/c1-14(2)11-20-12-16-8-9-17(19)18(10-16)21-13-15-6-4-3-5-7-15/h3-10,14,20H,11-13H2,1-2H3. The van der Waals surface area contributed by atoms with Crippen LogP contribution in [0.25, 0.3) is 0 Å². The van der Waals surface area contributed by atoms with Gasteiger partial charge in [-0.15, -0.1) is 0 Å². The molecule has 0 aliphatic carbocycles. The molecule has 2 aromatic carbocycles. The largest absolute Gasteiger partial charge is 0.488 e. The van der Waals surface area contributed by atoms with Crippen LogP contribution in [0.15, 0.2) is 53.0 Å². The van der Waals surface area contributed by atoms with Crippen molar-refractivity contribution in [2.45, 2.75) is 27.0 Å². The molecule has 0 spiro atoms. The van der Waals surface area contributed by atoms with Gasteiger partial charge in [0.25, 0.3) is 0 Å². The van der Waals surface area contributed by atoms with Gasteiger partial charge in [-0.3, -0.25) is 0 Å². The molecular formula is C18H22BrNO. The molecule has 0 fully saturated rings. The maximum Gasteiger partial charge on any atom is 0.134 e. The van der Waals surface area contributed by atoms with Gasteiger partial charge in [-0.2, -0.15) is 0 Å². The van der Waals surface area contributed by atoms with Gasteiger partial charge in [-0.1, -0.05) is 50.2 Å². The van der Waals surface area contributed by atoms with E-state index in [1.807, 2.05) is 24.3 Å². The third-order valence-corrected chi connectivity index (χ3v) is 3.77. The molecule has 0 bridgehead atoms. The molecule has 112 valence electrons. The zero-order valence-electron chi connectivity index (χ0n) is 12.6. The maximum absolute atomic E-state index is 5.92. The lowest BCUT2D eigenvalue weighted by atomic mass is 10.2. The highest BCUT2D eigenvalue weighted by Gasteiger charge is 2.04. The Morgan fingerprint density at radius 2 is 1.81 bits per heavy atom. The van der Waals surface area contributed by atoms with E-state index in [0.717, 1.165) is 23.3 Å². The van der Waals surface area contributed by atoms with Crippen LogP contribution in [0.5, 0.6) is 5.75 Å². The van der Waals surface area contributed by atoms with Crippen molar-refractivity contribution in [3.8, 4) is 5.75 Å². The van der Waals surface area contributed by atoms with Crippen molar-refractivity contribution < 1.29 is 4.74 Å². The lowest BCUT2D eigenvalue weighted by Gasteiger charge is -2.12. The van der Waals surface area contributed by atoms with Crippen molar-refractivity contribution in [2.24, 2.45) is 5.92 Å². The molecule has 0 heterocycles. The fraction of sp³-hybridized carbons (Fsp3) is 0.333. The van der Waals surface area contributed by atoms with Gasteiger partial charge in [0, 0.05) is 6.54 Å². The highest BCUT2D eigenvalue weighted by molar-refractivity contribution is 9.10. The topological polar surface area (TPSA) is 21.3 Å². The Morgan fingerprint density at radius 1 is 1.05 bits per heavy atom. The first-order valence-corrected chi connectivity index (χ1v) is 8.10. The van der Waals surface area contributed by atoms with Gasteiger partial charge in [0.15, 0.2) is 0 Å². The van der Waals surface area contributed by atoms with E-state index in [4.69, 9.17) is 4.74 Å². The molecule has 0 aliphatic heterocycles. The van der Waals surface area contributed by atoms with Gasteiger partial charge in [0.2, 0.25) is 0 Å². The Bertz CT molecular complexity index is 554. The maximum atomic E-state index is 5.92. The summed E-state index contributed by atoms with van der Waals surface area (Å²) < 4.78 is 6.91. The normalized spacial score (nSPS) is 10.9. The van der Waals surface area contributed by atoms with Gasteiger partial charge in [0.05, 0.1) is 4.47 Å². The summed E-state index contributed by atoms with van der Waals surface area (Å²) in [7, 11) is 0. The number of hydrogen-bond acceptors (Lipinski definition) is 2. The second-order valence-electron chi connectivity index (χ2n) is 5.56. The van der Waals surface area contributed by atoms with Crippen molar-refractivity contribution in [1.82, 2.24) is 5.32 Å². The average molecular weight is 348 g/mol. The van der Waals surface area contributed by atoms with Gasteiger partial charge >= 0.3 is 0 Å².